The van der Waals surface area contributed by atoms with Gasteiger partial charge in [0.05, 0.1) is 0 Å². The van der Waals surface area contributed by atoms with Crippen LogP contribution in [0, 0.1) is 13.8 Å². The van der Waals surface area contributed by atoms with Gasteiger partial charge >= 0.3 is 6.03 Å². The average Bonchev–Trinajstić information content (AvgIpc) is 3.06. The fraction of sp³-hybridized carbons (Fsp3) is 0.286. The molecule has 0 unspecified atom stereocenters. The molecule has 7 heteroatoms. The van der Waals surface area contributed by atoms with Crippen LogP contribution in [0.15, 0.2) is 22.7 Å². The van der Waals surface area contributed by atoms with Gasteiger partial charge in [0, 0.05) is 6.54 Å². The summed E-state index contributed by atoms with van der Waals surface area (Å²) in [7, 11) is 0. The Morgan fingerprint density at radius 2 is 2.10 bits per heavy atom. The maximum absolute atomic E-state index is 11.9. The number of benzene rings is 1. The third kappa shape index (κ3) is 2.76. The summed E-state index contributed by atoms with van der Waals surface area (Å²) in [6.45, 7) is 4.13. The monoisotopic (exact) mass is 289 g/mol. The molecule has 0 fully saturated rings. The second-order valence-electron chi connectivity index (χ2n) is 4.69. The third-order valence-electron chi connectivity index (χ3n) is 3.16. The van der Waals surface area contributed by atoms with Gasteiger partial charge in [-0.05, 0) is 31.5 Å². The Kier molecular flexibility index (Phi) is 3.39. The molecule has 0 saturated heterocycles. The molecule has 2 amide bonds. The summed E-state index contributed by atoms with van der Waals surface area (Å²) < 4.78 is 15.5. The normalized spacial score (nSPS) is 12.3. The van der Waals surface area contributed by atoms with Crippen LogP contribution in [0.25, 0.3) is 0 Å². The van der Waals surface area contributed by atoms with Crippen LogP contribution >= 0.6 is 0 Å². The zero-order valence-corrected chi connectivity index (χ0v) is 11.7. The van der Waals surface area contributed by atoms with Crippen LogP contribution in [0.4, 0.5) is 10.5 Å². The topological polar surface area (TPSA) is 85.6 Å². The highest BCUT2D eigenvalue weighted by Gasteiger charge is 2.14. The van der Waals surface area contributed by atoms with E-state index in [4.69, 9.17) is 14.0 Å². The van der Waals surface area contributed by atoms with Crippen LogP contribution in [0.2, 0.25) is 0 Å². The van der Waals surface area contributed by atoms with E-state index in [1.165, 1.54) is 0 Å². The second-order valence-corrected chi connectivity index (χ2v) is 4.69. The summed E-state index contributed by atoms with van der Waals surface area (Å²) >= 11 is 0. The van der Waals surface area contributed by atoms with E-state index in [9.17, 15) is 4.79 Å². The van der Waals surface area contributed by atoms with Crippen molar-refractivity contribution < 1.29 is 18.8 Å². The third-order valence-corrected chi connectivity index (χ3v) is 3.16. The Hall–Kier alpha value is -2.70. The van der Waals surface area contributed by atoms with E-state index in [0.717, 1.165) is 11.3 Å². The lowest BCUT2D eigenvalue weighted by Gasteiger charge is -2.07. The van der Waals surface area contributed by atoms with Gasteiger partial charge in [-0.25, -0.2) is 4.79 Å². The van der Waals surface area contributed by atoms with Crippen LogP contribution in [-0.4, -0.2) is 18.0 Å². The maximum atomic E-state index is 11.9. The number of carbonyl (C=O) groups is 1. The number of carbonyl (C=O) groups excluding carboxylic acids is 1. The molecule has 3 rings (SSSR count). The minimum atomic E-state index is -0.318. The van der Waals surface area contributed by atoms with Gasteiger partial charge in [0.15, 0.2) is 17.3 Å². The molecule has 0 atom stereocenters. The minimum Gasteiger partial charge on any atom is -0.454 e. The van der Waals surface area contributed by atoms with Crippen molar-refractivity contribution in [3.8, 4) is 11.5 Å². The van der Waals surface area contributed by atoms with Gasteiger partial charge in [0.2, 0.25) is 6.79 Å². The average molecular weight is 289 g/mol. The molecule has 0 radical (unpaired) electrons. The van der Waals surface area contributed by atoms with Gasteiger partial charge in [-0.3, -0.25) is 0 Å². The summed E-state index contributed by atoms with van der Waals surface area (Å²) in [6, 6.07) is 5.23. The van der Waals surface area contributed by atoms with Crippen LogP contribution in [0.3, 0.4) is 0 Å². The van der Waals surface area contributed by atoms with Crippen molar-refractivity contribution in [2.24, 2.45) is 0 Å². The lowest BCUT2D eigenvalue weighted by atomic mass is 10.2. The number of nitrogens with zero attached hydrogens (tertiary/aromatic N) is 1. The first-order chi connectivity index (χ1) is 10.1. The molecule has 21 heavy (non-hydrogen) atoms. The number of hydrogen-bond acceptors (Lipinski definition) is 5. The molecular weight excluding hydrogens is 274 g/mol. The molecule has 7 nitrogen and oxygen atoms in total. The standard InChI is InChI=1S/C14H15N3O4/c1-8-13(9(2)21-17-8)16-14(18)15-6-10-3-4-11-12(5-10)20-7-19-11/h3-5H,6-7H2,1-2H3,(H2,15,16,18). The number of aromatic nitrogens is 1. The molecule has 0 aliphatic carbocycles. The lowest BCUT2D eigenvalue weighted by Crippen LogP contribution is -2.28. The minimum absolute atomic E-state index is 0.235. The van der Waals surface area contributed by atoms with E-state index in [1.54, 1.807) is 13.8 Å². The van der Waals surface area contributed by atoms with Crippen molar-refractivity contribution in [1.82, 2.24) is 10.5 Å². The van der Waals surface area contributed by atoms with Crippen molar-refractivity contribution in [3.05, 3.63) is 35.2 Å². The number of ether oxygens (including phenoxy) is 2. The summed E-state index contributed by atoms with van der Waals surface area (Å²) in [5.41, 5.74) is 2.16. The number of urea groups is 1. The molecule has 0 bridgehead atoms. The Morgan fingerprint density at radius 1 is 1.29 bits per heavy atom. The van der Waals surface area contributed by atoms with Crippen molar-refractivity contribution in [3.63, 3.8) is 0 Å². The highest BCUT2D eigenvalue weighted by Crippen LogP contribution is 2.32. The number of aryl methyl sites for hydroxylation is 2. The molecule has 2 aromatic rings. The van der Waals surface area contributed by atoms with E-state index in [0.29, 0.717) is 29.4 Å². The summed E-state index contributed by atoms with van der Waals surface area (Å²) in [4.78, 5) is 11.9. The highest BCUT2D eigenvalue weighted by atomic mass is 16.7. The fourth-order valence-corrected chi connectivity index (χ4v) is 2.05. The number of hydrogen-bond donors (Lipinski definition) is 2. The van der Waals surface area contributed by atoms with Gasteiger partial charge in [-0.15, -0.1) is 0 Å². The first-order valence-electron chi connectivity index (χ1n) is 6.50. The van der Waals surface area contributed by atoms with Crippen molar-refractivity contribution in [2.75, 3.05) is 12.1 Å². The lowest BCUT2D eigenvalue weighted by molar-refractivity contribution is 0.174. The first kappa shape index (κ1) is 13.3. The Morgan fingerprint density at radius 3 is 2.86 bits per heavy atom. The van der Waals surface area contributed by atoms with Crippen molar-refractivity contribution >= 4 is 11.7 Å². The molecule has 1 aromatic carbocycles. The van der Waals surface area contributed by atoms with Gasteiger partial charge in [0.25, 0.3) is 0 Å². The van der Waals surface area contributed by atoms with E-state index in [1.807, 2.05) is 18.2 Å². The number of anilines is 1. The van der Waals surface area contributed by atoms with Crippen LogP contribution < -0.4 is 20.1 Å². The van der Waals surface area contributed by atoms with Gasteiger partial charge in [0.1, 0.15) is 11.4 Å². The number of nitrogens with one attached hydrogen (secondary N) is 2. The summed E-state index contributed by atoms with van der Waals surface area (Å²) in [5.74, 6) is 1.99. The summed E-state index contributed by atoms with van der Waals surface area (Å²) in [5, 5.41) is 9.26. The number of rotatable bonds is 3. The second kappa shape index (κ2) is 5.35. The largest absolute Gasteiger partial charge is 0.454 e. The maximum Gasteiger partial charge on any atom is 0.319 e. The Labute approximate surface area is 121 Å². The zero-order valence-electron chi connectivity index (χ0n) is 11.7. The van der Waals surface area contributed by atoms with E-state index < -0.39 is 0 Å². The SMILES string of the molecule is Cc1noc(C)c1NC(=O)NCc1ccc2c(c1)OCO2. The van der Waals surface area contributed by atoms with Crippen molar-refractivity contribution in [2.45, 2.75) is 20.4 Å². The van der Waals surface area contributed by atoms with Crippen LogP contribution in [-0.2, 0) is 6.54 Å². The molecule has 2 N–H and O–H groups in total. The van der Waals surface area contributed by atoms with Crippen LogP contribution in [0.5, 0.6) is 11.5 Å². The molecule has 110 valence electrons. The van der Waals surface area contributed by atoms with Crippen LogP contribution in [0.1, 0.15) is 17.0 Å². The Bertz CT molecular complexity index is 661. The number of fused-ring (bicyclic) bond motifs is 1. The van der Waals surface area contributed by atoms with E-state index in [2.05, 4.69) is 15.8 Å². The zero-order chi connectivity index (χ0) is 14.8. The molecule has 2 heterocycles. The quantitative estimate of drug-likeness (QED) is 0.905. The molecular formula is C14H15N3O4. The molecule has 1 aliphatic rings. The van der Waals surface area contributed by atoms with Gasteiger partial charge in [-0.1, -0.05) is 11.2 Å². The van der Waals surface area contributed by atoms with E-state index >= 15 is 0 Å². The smallest absolute Gasteiger partial charge is 0.319 e. The number of amides is 2. The summed E-state index contributed by atoms with van der Waals surface area (Å²) in [6.07, 6.45) is 0. The molecule has 0 saturated carbocycles. The van der Waals surface area contributed by atoms with Crippen molar-refractivity contribution in [1.29, 1.82) is 0 Å². The highest BCUT2D eigenvalue weighted by molar-refractivity contribution is 5.90. The predicted octanol–water partition coefficient (Wildman–Crippen LogP) is 2.34. The van der Waals surface area contributed by atoms with Gasteiger partial charge < -0.3 is 24.6 Å². The molecule has 1 aliphatic heterocycles. The molecule has 1 aromatic heterocycles. The first-order valence-corrected chi connectivity index (χ1v) is 6.50. The van der Waals surface area contributed by atoms with E-state index in [-0.39, 0.29) is 12.8 Å². The predicted molar refractivity (Wildman–Crippen MR) is 74.4 cm³/mol. The molecule has 0 spiro atoms. The van der Waals surface area contributed by atoms with Gasteiger partial charge in [-0.2, -0.15) is 0 Å². The fourth-order valence-electron chi connectivity index (χ4n) is 2.05. The Balaban J connectivity index is 1.59.